The first-order chi connectivity index (χ1) is 7.77. The average molecular weight is 261 g/mol. The van der Waals surface area contributed by atoms with E-state index in [4.69, 9.17) is 0 Å². The maximum absolute atomic E-state index is 2.89. The monoisotopic (exact) mass is 261 g/mol. The standard InChI is InChI=1S/C15H33P.H3N/c1-3-4-5-6-7-8-9-10-11-12-13-14-15(2)16;/h15H,3-14,16H2,1-2H3;1H3. The van der Waals surface area contributed by atoms with Gasteiger partial charge in [0.2, 0.25) is 0 Å². The molecule has 1 nitrogen and oxygen atoms in total. The van der Waals surface area contributed by atoms with Crippen molar-refractivity contribution < 1.29 is 0 Å². The van der Waals surface area contributed by atoms with Crippen LogP contribution in [0.5, 0.6) is 0 Å². The van der Waals surface area contributed by atoms with Crippen LogP contribution >= 0.6 is 9.24 Å². The van der Waals surface area contributed by atoms with Gasteiger partial charge in [-0.3, -0.25) is 0 Å². The van der Waals surface area contributed by atoms with Gasteiger partial charge in [-0.2, -0.15) is 0 Å². The van der Waals surface area contributed by atoms with Crippen LogP contribution in [-0.2, 0) is 0 Å². The van der Waals surface area contributed by atoms with E-state index in [-0.39, 0.29) is 6.15 Å². The fraction of sp³-hybridized carbons (Fsp3) is 1.00. The molecule has 0 heterocycles. The zero-order chi connectivity index (χ0) is 12.1. The molecular weight excluding hydrogens is 225 g/mol. The van der Waals surface area contributed by atoms with Crippen LogP contribution in [0.4, 0.5) is 0 Å². The molecule has 0 aliphatic heterocycles. The summed E-state index contributed by atoms with van der Waals surface area (Å²) in [7, 11) is 2.89. The highest BCUT2D eigenvalue weighted by Crippen LogP contribution is 2.14. The number of rotatable bonds is 12. The smallest absolute Gasteiger partial charge is 0.0293 e. The van der Waals surface area contributed by atoms with E-state index < -0.39 is 0 Å². The third-order valence-corrected chi connectivity index (χ3v) is 3.60. The zero-order valence-corrected chi connectivity index (χ0v) is 13.5. The molecule has 0 aromatic rings. The quantitative estimate of drug-likeness (QED) is 0.333. The fourth-order valence-electron chi connectivity index (χ4n) is 2.13. The Labute approximate surface area is 112 Å². The lowest BCUT2D eigenvalue weighted by atomic mass is 10.0. The van der Waals surface area contributed by atoms with Crippen LogP contribution in [-0.4, -0.2) is 5.66 Å². The molecule has 0 amide bonds. The Balaban J connectivity index is 0. The molecule has 0 aromatic carbocycles. The van der Waals surface area contributed by atoms with Gasteiger partial charge in [-0.15, -0.1) is 9.24 Å². The van der Waals surface area contributed by atoms with E-state index in [9.17, 15) is 0 Å². The maximum Gasteiger partial charge on any atom is -0.0293 e. The first-order valence-electron chi connectivity index (χ1n) is 7.53. The highest BCUT2D eigenvalue weighted by Gasteiger charge is 1.95. The van der Waals surface area contributed by atoms with Gasteiger partial charge < -0.3 is 6.15 Å². The van der Waals surface area contributed by atoms with Crippen LogP contribution in [0, 0.1) is 0 Å². The van der Waals surface area contributed by atoms with Crippen molar-refractivity contribution in [1.82, 2.24) is 6.15 Å². The minimum Gasteiger partial charge on any atom is -0.344 e. The molecule has 3 N–H and O–H groups in total. The lowest BCUT2D eigenvalue weighted by molar-refractivity contribution is 0.544. The molecule has 0 saturated heterocycles. The first-order valence-corrected chi connectivity index (χ1v) is 8.19. The molecule has 17 heavy (non-hydrogen) atoms. The largest absolute Gasteiger partial charge is 0.344 e. The van der Waals surface area contributed by atoms with Gasteiger partial charge >= 0.3 is 0 Å². The molecule has 0 rings (SSSR count). The summed E-state index contributed by atoms with van der Waals surface area (Å²) in [5.41, 5.74) is 0.818. The summed E-state index contributed by atoms with van der Waals surface area (Å²) in [6, 6.07) is 0. The van der Waals surface area contributed by atoms with Crippen LogP contribution in [0.2, 0.25) is 0 Å². The molecule has 0 aliphatic carbocycles. The second-order valence-corrected chi connectivity index (χ2v) is 6.44. The van der Waals surface area contributed by atoms with Crippen molar-refractivity contribution in [2.45, 2.75) is 96.6 Å². The van der Waals surface area contributed by atoms with Crippen LogP contribution < -0.4 is 6.15 Å². The van der Waals surface area contributed by atoms with Crippen molar-refractivity contribution >= 4 is 9.24 Å². The van der Waals surface area contributed by atoms with E-state index in [2.05, 4.69) is 23.1 Å². The molecule has 0 saturated carbocycles. The molecule has 2 atom stereocenters. The summed E-state index contributed by atoms with van der Waals surface area (Å²) < 4.78 is 0. The predicted molar refractivity (Wildman–Crippen MR) is 85.3 cm³/mol. The first kappa shape index (κ1) is 19.7. The molecule has 0 fully saturated rings. The van der Waals surface area contributed by atoms with Crippen molar-refractivity contribution in [2.24, 2.45) is 0 Å². The Morgan fingerprint density at radius 2 is 1.06 bits per heavy atom. The summed E-state index contributed by atoms with van der Waals surface area (Å²) in [5.74, 6) is 0. The number of unbranched alkanes of at least 4 members (excludes halogenated alkanes) is 10. The Kier molecular flexibility index (Phi) is 19.0. The third-order valence-electron chi connectivity index (χ3n) is 3.26. The van der Waals surface area contributed by atoms with E-state index in [0.29, 0.717) is 0 Å². The van der Waals surface area contributed by atoms with Crippen LogP contribution in [0.15, 0.2) is 0 Å². The van der Waals surface area contributed by atoms with E-state index in [0.717, 1.165) is 5.66 Å². The van der Waals surface area contributed by atoms with Crippen LogP contribution in [0.1, 0.15) is 90.9 Å². The molecule has 0 bridgehead atoms. The topological polar surface area (TPSA) is 35.0 Å². The SMILES string of the molecule is CCCCCCCCCCCCCC(C)P.N. The predicted octanol–water partition coefficient (Wildman–Crippen LogP) is 6.11. The van der Waals surface area contributed by atoms with Crippen LogP contribution in [0.25, 0.3) is 0 Å². The summed E-state index contributed by atoms with van der Waals surface area (Å²) in [6.45, 7) is 4.58. The Bertz CT molecular complexity index is 126. The lowest BCUT2D eigenvalue weighted by Crippen LogP contribution is -1.89. The van der Waals surface area contributed by atoms with Gasteiger partial charge in [0, 0.05) is 0 Å². The number of hydrogen-bond donors (Lipinski definition) is 1. The summed E-state index contributed by atoms with van der Waals surface area (Å²) in [4.78, 5) is 0. The van der Waals surface area contributed by atoms with Gasteiger partial charge in [0.25, 0.3) is 0 Å². The van der Waals surface area contributed by atoms with Gasteiger partial charge in [-0.05, 0) is 12.1 Å². The van der Waals surface area contributed by atoms with Crippen molar-refractivity contribution in [3.8, 4) is 0 Å². The fourth-order valence-corrected chi connectivity index (χ4v) is 2.37. The van der Waals surface area contributed by atoms with Gasteiger partial charge in [-0.25, -0.2) is 0 Å². The molecule has 0 aliphatic rings. The molecule has 2 unspecified atom stereocenters. The Morgan fingerprint density at radius 1 is 0.706 bits per heavy atom. The molecule has 0 aromatic heterocycles. The molecule has 2 heteroatoms. The van der Waals surface area contributed by atoms with E-state index in [1.807, 2.05) is 0 Å². The molecule has 0 radical (unpaired) electrons. The highest BCUT2D eigenvalue weighted by molar-refractivity contribution is 7.17. The summed E-state index contributed by atoms with van der Waals surface area (Å²) >= 11 is 0. The zero-order valence-electron chi connectivity index (χ0n) is 12.3. The molecule has 0 spiro atoms. The average Bonchev–Trinajstić information content (AvgIpc) is 2.25. The Hall–Kier alpha value is 0.390. The minimum atomic E-state index is 0. The van der Waals surface area contributed by atoms with E-state index in [1.165, 1.54) is 77.0 Å². The second-order valence-electron chi connectivity index (χ2n) is 5.30. The number of hydrogen-bond acceptors (Lipinski definition) is 1. The summed E-state index contributed by atoms with van der Waals surface area (Å²) in [6.07, 6.45) is 17.4. The van der Waals surface area contributed by atoms with Crippen LogP contribution in [0.3, 0.4) is 0 Å². The van der Waals surface area contributed by atoms with E-state index in [1.54, 1.807) is 0 Å². The van der Waals surface area contributed by atoms with Crippen molar-refractivity contribution in [1.29, 1.82) is 0 Å². The summed E-state index contributed by atoms with van der Waals surface area (Å²) in [5, 5.41) is 0. The van der Waals surface area contributed by atoms with Gasteiger partial charge in [0.1, 0.15) is 0 Å². The Morgan fingerprint density at radius 3 is 1.41 bits per heavy atom. The van der Waals surface area contributed by atoms with Gasteiger partial charge in [-0.1, -0.05) is 84.5 Å². The van der Waals surface area contributed by atoms with Crippen molar-refractivity contribution in [2.75, 3.05) is 0 Å². The second kappa shape index (κ2) is 16.4. The van der Waals surface area contributed by atoms with E-state index >= 15 is 0 Å². The normalized spacial score (nSPS) is 12.2. The molecule has 106 valence electrons. The lowest BCUT2D eigenvalue weighted by Gasteiger charge is -2.04. The highest BCUT2D eigenvalue weighted by atomic mass is 31.0. The minimum absolute atomic E-state index is 0. The maximum atomic E-state index is 2.89. The van der Waals surface area contributed by atoms with Crippen molar-refractivity contribution in [3.05, 3.63) is 0 Å². The van der Waals surface area contributed by atoms with Gasteiger partial charge in [0.15, 0.2) is 0 Å². The van der Waals surface area contributed by atoms with Gasteiger partial charge in [0.05, 0.1) is 0 Å². The van der Waals surface area contributed by atoms with Crippen molar-refractivity contribution in [3.63, 3.8) is 0 Å². The third kappa shape index (κ3) is 18.9. The molecular formula is C15H36NP.